The lowest BCUT2D eigenvalue weighted by molar-refractivity contribution is -0.134. The van der Waals surface area contributed by atoms with Gasteiger partial charge in [-0.2, -0.15) is 0 Å². The van der Waals surface area contributed by atoms with E-state index in [9.17, 15) is 14.0 Å². The Hall–Kier alpha value is -3.67. The highest BCUT2D eigenvalue weighted by Crippen LogP contribution is 2.41. The van der Waals surface area contributed by atoms with E-state index in [1.54, 1.807) is 12.1 Å². The maximum absolute atomic E-state index is 13.5. The van der Waals surface area contributed by atoms with E-state index in [0.29, 0.717) is 24.3 Å². The van der Waals surface area contributed by atoms with Crippen molar-refractivity contribution in [3.8, 4) is 5.75 Å². The smallest absolute Gasteiger partial charge is 0.261 e. The number of carbonyl (C=O) groups excluding carboxylic acids is 2. The molecule has 2 atom stereocenters. The fourth-order valence-corrected chi connectivity index (χ4v) is 5.01. The SMILES string of the molecule is CCC(Oc1ccc2c(c1)C(c1ccc(C)cc1)N(C(=O)C1CC1)CC2)C(=O)NCc1cccc(F)c1. The first-order valence-corrected chi connectivity index (χ1v) is 13.1. The van der Waals surface area contributed by atoms with Crippen LogP contribution < -0.4 is 10.1 Å². The van der Waals surface area contributed by atoms with Gasteiger partial charge in [0, 0.05) is 19.0 Å². The number of carbonyl (C=O) groups is 2. The number of benzene rings is 3. The van der Waals surface area contributed by atoms with E-state index in [1.807, 2.05) is 24.0 Å². The van der Waals surface area contributed by atoms with Crippen molar-refractivity contribution >= 4 is 11.8 Å². The average Bonchev–Trinajstić information content (AvgIpc) is 3.75. The standard InChI is InChI=1S/C31H33FN2O3/c1-3-28(30(35)33-19-21-5-4-6-25(32)17-21)37-26-14-13-22-15-16-34(31(36)24-11-12-24)29(27(22)18-26)23-9-7-20(2)8-10-23/h4-10,13-14,17-18,24,28-29H,3,11-12,15-16,19H2,1-2H3,(H,33,35). The molecule has 6 heteroatoms. The van der Waals surface area contributed by atoms with Crippen molar-refractivity contribution in [1.29, 1.82) is 0 Å². The van der Waals surface area contributed by atoms with Crippen molar-refractivity contribution in [2.75, 3.05) is 6.54 Å². The highest BCUT2D eigenvalue weighted by Gasteiger charge is 2.39. The molecule has 0 aromatic heterocycles. The van der Waals surface area contributed by atoms with Crippen LogP contribution in [0.1, 0.15) is 60.0 Å². The predicted octanol–water partition coefficient (Wildman–Crippen LogP) is 5.49. The van der Waals surface area contributed by atoms with Crippen LogP contribution in [0.25, 0.3) is 0 Å². The number of rotatable bonds is 8. The van der Waals surface area contributed by atoms with Gasteiger partial charge < -0.3 is 15.0 Å². The number of aryl methyl sites for hydroxylation is 1. The van der Waals surface area contributed by atoms with E-state index in [2.05, 4.69) is 42.6 Å². The van der Waals surface area contributed by atoms with Crippen LogP contribution in [0.2, 0.25) is 0 Å². The number of hydrogen-bond donors (Lipinski definition) is 1. The summed E-state index contributed by atoms with van der Waals surface area (Å²) in [5, 5.41) is 2.86. The lowest BCUT2D eigenvalue weighted by atomic mass is 9.87. The van der Waals surface area contributed by atoms with Crippen LogP contribution in [0.5, 0.6) is 5.75 Å². The molecule has 0 bridgehead atoms. The molecule has 1 aliphatic carbocycles. The molecule has 2 amide bonds. The van der Waals surface area contributed by atoms with Gasteiger partial charge in [-0.15, -0.1) is 0 Å². The molecule has 0 saturated heterocycles. The Bertz CT molecular complexity index is 1290. The largest absolute Gasteiger partial charge is 0.481 e. The number of nitrogens with zero attached hydrogens (tertiary/aromatic N) is 1. The molecule has 1 fully saturated rings. The van der Waals surface area contributed by atoms with Crippen LogP contribution >= 0.6 is 0 Å². The first-order valence-electron chi connectivity index (χ1n) is 13.1. The van der Waals surface area contributed by atoms with E-state index >= 15 is 0 Å². The van der Waals surface area contributed by atoms with Gasteiger partial charge in [0.15, 0.2) is 6.10 Å². The van der Waals surface area contributed by atoms with Crippen LogP contribution in [0.15, 0.2) is 66.7 Å². The Labute approximate surface area is 217 Å². The third kappa shape index (κ3) is 5.68. The van der Waals surface area contributed by atoms with Gasteiger partial charge in [-0.3, -0.25) is 9.59 Å². The number of ether oxygens (including phenoxy) is 1. The second-order valence-electron chi connectivity index (χ2n) is 10.1. The molecule has 3 aromatic carbocycles. The summed E-state index contributed by atoms with van der Waals surface area (Å²) in [6, 6.07) is 20.3. The number of hydrogen-bond acceptors (Lipinski definition) is 3. The normalized spacial score (nSPS) is 17.6. The minimum absolute atomic E-state index is 0.139. The van der Waals surface area contributed by atoms with Gasteiger partial charge in [0.25, 0.3) is 5.91 Å². The van der Waals surface area contributed by atoms with Gasteiger partial charge in [0.05, 0.1) is 6.04 Å². The van der Waals surface area contributed by atoms with Gasteiger partial charge in [-0.05, 0) is 79.1 Å². The minimum atomic E-state index is -0.683. The predicted molar refractivity (Wildman–Crippen MR) is 141 cm³/mol. The van der Waals surface area contributed by atoms with Crippen molar-refractivity contribution in [2.24, 2.45) is 5.92 Å². The molecule has 5 rings (SSSR count). The Morgan fingerprint density at radius 3 is 2.57 bits per heavy atom. The second kappa shape index (κ2) is 10.8. The summed E-state index contributed by atoms with van der Waals surface area (Å²) in [7, 11) is 0. The number of nitrogens with one attached hydrogen (secondary N) is 1. The lowest BCUT2D eigenvalue weighted by Crippen LogP contribution is -2.41. The third-order valence-electron chi connectivity index (χ3n) is 7.25. The third-order valence-corrected chi connectivity index (χ3v) is 7.25. The maximum atomic E-state index is 13.5. The topological polar surface area (TPSA) is 58.6 Å². The molecule has 0 radical (unpaired) electrons. The van der Waals surface area contributed by atoms with Gasteiger partial charge in [0.2, 0.25) is 5.91 Å². The maximum Gasteiger partial charge on any atom is 0.261 e. The lowest BCUT2D eigenvalue weighted by Gasteiger charge is -2.38. The van der Waals surface area contributed by atoms with E-state index in [1.165, 1.54) is 23.3 Å². The zero-order valence-electron chi connectivity index (χ0n) is 21.4. The van der Waals surface area contributed by atoms with Crippen molar-refractivity contribution < 1.29 is 18.7 Å². The monoisotopic (exact) mass is 500 g/mol. The minimum Gasteiger partial charge on any atom is -0.481 e. The van der Waals surface area contributed by atoms with Crippen LogP contribution in [0, 0.1) is 18.7 Å². The van der Waals surface area contributed by atoms with Crippen molar-refractivity contribution in [3.05, 3.63) is 100 Å². The van der Waals surface area contributed by atoms with E-state index in [-0.39, 0.29) is 36.1 Å². The first-order chi connectivity index (χ1) is 17.9. The molecule has 2 aliphatic rings. The zero-order valence-corrected chi connectivity index (χ0v) is 21.4. The molecule has 1 heterocycles. The molecule has 0 spiro atoms. The van der Waals surface area contributed by atoms with Crippen LogP contribution in [0.4, 0.5) is 4.39 Å². The Balaban J connectivity index is 1.37. The quantitative estimate of drug-likeness (QED) is 0.445. The molecule has 5 nitrogen and oxygen atoms in total. The molecule has 192 valence electrons. The Morgan fingerprint density at radius 1 is 1.08 bits per heavy atom. The van der Waals surface area contributed by atoms with Crippen molar-refractivity contribution in [3.63, 3.8) is 0 Å². The fraction of sp³-hybridized carbons (Fsp3) is 0.355. The second-order valence-corrected chi connectivity index (χ2v) is 10.1. The molecule has 1 aliphatic heterocycles. The highest BCUT2D eigenvalue weighted by atomic mass is 19.1. The fourth-order valence-electron chi connectivity index (χ4n) is 5.01. The molecule has 37 heavy (non-hydrogen) atoms. The average molecular weight is 501 g/mol. The van der Waals surface area contributed by atoms with Gasteiger partial charge in [-0.25, -0.2) is 4.39 Å². The molecule has 3 aromatic rings. The van der Waals surface area contributed by atoms with Crippen LogP contribution in [0.3, 0.4) is 0 Å². The van der Waals surface area contributed by atoms with Crippen molar-refractivity contribution in [2.45, 2.75) is 58.2 Å². The number of fused-ring (bicyclic) bond motifs is 1. The number of amides is 2. The van der Waals surface area contributed by atoms with E-state index < -0.39 is 6.10 Å². The summed E-state index contributed by atoms with van der Waals surface area (Å²) in [4.78, 5) is 28.2. The van der Waals surface area contributed by atoms with E-state index in [0.717, 1.165) is 30.4 Å². The zero-order chi connectivity index (χ0) is 25.9. The van der Waals surface area contributed by atoms with Gasteiger partial charge in [0.1, 0.15) is 11.6 Å². The van der Waals surface area contributed by atoms with Crippen LogP contribution in [-0.2, 0) is 22.6 Å². The Morgan fingerprint density at radius 2 is 1.86 bits per heavy atom. The van der Waals surface area contributed by atoms with Gasteiger partial charge in [-0.1, -0.05) is 55.0 Å². The Kier molecular flexibility index (Phi) is 7.26. The molecule has 1 saturated carbocycles. The highest BCUT2D eigenvalue weighted by molar-refractivity contribution is 5.82. The summed E-state index contributed by atoms with van der Waals surface area (Å²) in [6.45, 7) is 4.88. The first kappa shape index (κ1) is 25.0. The van der Waals surface area contributed by atoms with E-state index in [4.69, 9.17) is 4.74 Å². The van der Waals surface area contributed by atoms with Gasteiger partial charge >= 0.3 is 0 Å². The molecular weight excluding hydrogens is 467 g/mol. The summed E-state index contributed by atoms with van der Waals surface area (Å²) >= 11 is 0. The summed E-state index contributed by atoms with van der Waals surface area (Å²) in [5.41, 5.74) is 5.20. The van der Waals surface area contributed by atoms with Crippen LogP contribution in [-0.4, -0.2) is 29.4 Å². The summed E-state index contributed by atoms with van der Waals surface area (Å²) in [6.07, 6.45) is 2.53. The molecule has 1 N–H and O–H groups in total. The summed E-state index contributed by atoms with van der Waals surface area (Å²) in [5.74, 6) is 0.391. The molecular formula is C31H33FN2O3. The summed E-state index contributed by atoms with van der Waals surface area (Å²) < 4.78 is 19.7. The van der Waals surface area contributed by atoms with Crippen molar-refractivity contribution in [1.82, 2.24) is 10.2 Å². The molecule has 2 unspecified atom stereocenters. The number of halogens is 1.